The maximum atomic E-state index is 13.3. The van der Waals surface area contributed by atoms with E-state index in [1.807, 2.05) is 24.0 Å². The lowest BCUT2D eigenvalue weighted by molar-refractivity contribution is -0.135. The van der Waals surface area contributed by atoms with Gasteiger partial charge in [-0.25, -0.2) is 4.79 Å². The van der Waals surface area contributed by atoms with Gasteiger partial charge in [-0.1, -0.05) is 11.6 Å². The van der Waals surface area contributed by atoms with E-state index in [2.05, 4.69) is 16.8 Å². The lowest BCUT2D eigenvalue weighted by atomic mass is 10.0. The normalized spacial score (nSPS) is 17.9. The molecule has 0 unspecified atom stereocenters. The summed E-state index contributed by atoms with van der Waals surface area (Å²) in [5, 5.41) is 5.56. The minimum Gasteiger partial charge on any atom is -0.491 e. The predicted molar refractivity (Wildman–Crippen MR) is 118 cm³/mol. The van der Waals surface area contributed by atoms with Crippen LogP contribution in [0.5, 0.6) is 5.75 Å². The van der Waals surface area contributed by atoms with Gasteiger partial charge >= 0.3 is 6.03 Å². The number of nitrogens with zero attached hydrogens (tertiary/aromatic N) is 2. The number of urea groups is 1. The number of halogens is 1. The Balaban J connectivity index is 1.49. The van der Waals surface area contributed by atoms with E-state index in [9.17, 15) is 9.59 Å². The third-order valence-corrected chi connectivity index (χ3v) is 6.77. The van der Waals surface area contributed by atoms with Gasteiger partial charge in [0, 0.05) is 29.0 Å². The van der Waals surface area contributed by atoms with Gasteiger partial charge < -0.3 is 19.9 Å². The standard InChI is InChI=1S/C22H26ClN3O3S/c1-2-24-22(28)26(16-5-6-16)13-21(27)25-11-9-20-18(10-12-30-20)19(25)14-29-17-7-3-15(23)4-8-17/h3-4,7-8,10,12,16,19H,2,5-6,9,11,13-14H2,1H3,(H,24,28)/t19-/m1/s1. The molecular formula is C22H26ClN3O3S. The van der Waals surface area contributed by atoms with Crippen LogP contribution in [0.25, 0.3) is 0 Å². The smallest absolute Gasteiger partial charge is 0.318 e. The van der Waals surface area contributed by atoms with Crippen LogP contribution in [0.3, 0.4) is 0 Å². The fourth-order valence-corrected chi connectivity index (χ4v) is 4.88. The molecule has 6 nitrogen and oxygen atoms in total. The van der Waals surface area contributed by atoms with Crippen LogP contribution in [0.1, 0.15) is 36.2 Å². The Morgan fingerprint density at radius 3 is 2.73 bits per heavy atom. The summed E-state index contributed by atoms with van der Waals surface area (Å²) in [4.78, 5) is 30.6. The number of thiophene rings is 1. The van der Waals surface area contributed by atoms with Crippen LogP contribution in [0, 0.1) is 0 Å². The highest BCUT2D eigenvalue weighted by Gasteiger charge is 2.37. The molecule has 1 atom stereocenters. The van der Waals surface area contributed by atoms with E-state index in [0.717, 1.165) is 30.6 Å². The summed E-state index contributed by atoms with van der Waals surface area (Å²) in [7, 11) is 0. The highest BCUT2D eigenvalue weighted by atomic mass is 35.5. The van der Waals surface area contributed by atoms with Crippen LogP contribution in [0.15, 0.2) is 35.7 Å². The summed E-state index contributed by atoms with van der Waals surface area (Å²) in [6, 6.07) is 9.16. The molecule has 1 aliphatic heterocycles. The second-order valence-corrected chi connectivity index (χ2v) is 9.05. The molecule has 1 aromatic carbocycles. The van der Waals surface area contributed by atoms with E-state index in [-0.39, 0.29) is 30.6 Å². The number of fused-ring (bicyclic) bond motifs is 1. The van der Waals surface area contributed by atoms with E-state index >= 15 is 0 Å². The third kappa shape index (κ3) is 4.73. The van der Waals surface area contributed by atoms with Crippen LogP contribution in [-0.4, -0.2) is 54.0 Å². The van der Waals surface area contributed by atoms with Gasteiger partial charge in [-0.3, -0.25) is 4.79 Å². The molecule has 1 fully saturated rings. The molecule has 0 spiro atoms. The van der Waals surface area contributed by atoms with Gasteiger partial charge in [0.15, 0.2) is 0 Å². The summed E-state index contributed by atoms with van der Waals surface area (Å²) >= 11 is 7.68. The molecule has 1 N–H and O–H groups in total. The van der Waals surface area contributed by atoms with Crippen molar-refractivity contribution in [2.75, 3.05) is 26.2 Å². The highest BCUT2D eigenvalue weighted by Crippen LogP contribution is 2.35. The van der Waals surface area contributed by atoms with Crippen molar-refractivity contribution < 1.29 is 14.3 Å². The van der Waals surface area contributed by atoms with Gasteiger partial charge in [0.1, 0.15) is 18.9 Å². The number of hydrogen-bond acceptors (Lipinski definition) is 4. The number of rotatable bonds is 7. The molecule has 0 saturated heterocycles. The van der Waals surface area contributed by atoms with E-state index in [4.69, 9.17) is 16.3 Å². The van der Waals surface area contributed by atoms with Crippen molar-refractivity contribution >= 4 is 34.9 Å². The lowest BCUT2D eigenvalue weighted by Gasteiger charge is -2.37. The summed E-state index contributed by atoms with van der Waals surface area (Å²) in [6.45, 7) is 3.54. The molecule has 3 amide bonds. The number of carbonyl (C=O) groups excluding carboxylic acids is 2. The second-order valence-electron chi connectivity index (χ2n) is 7.61. The minimum atomic E-state index is -0.168. The molecule has 1 aliphatic carbocycles. The Morgan fingerprint density at radius 2 is 2.03 bits per heavy atom. The summed E-state index contributed by atoms with van der Waals surface area (Å²) in [5.41, 5.74) is 1.14. The van der Waals surface area contributed by atoms with Crippen molar-refractivity contribution in [1.29, 1.82) is 0 Å². The molecule has 4 rings (SSSR count). The average molecular weight is 448 g/mol. The summed E-state index contributed by atoms with van der Waals surface area (Å²) in [6.07, 6.45) is 2.76. The lowest BCUT2D eigenvalue weighted by Crippen LogP contribution is -2.50. The van der Waals surface area contributed by atoms with Crippen molar-refractivity contribution in [3.8, 4) is 5.75 Å². The molecular weight excluding hydrogens is 422 g/mol. The minimum absolute atomic E-state index is 0.0327. The first-order chi connectivity index (χ1) is 14.6. The van der Waals surface area contributed by atoms with Crippen molar-refractivity contribution in [3.63, 3.8) is 0 Å². The molecule has 2 aromatic rings. The SMILES string of the molecule is CCNC(=O)N(CC(=O)N1CCc2sccc2[C@H]1COc1ccc(Cl)cc1)C1CC1. The van der Waals surface area contributed by atoms with Crippen LogP contribution in [0.2, 0.25) is 5.02 Å². The number of hydrogen-bond donors (Lipinski definition) is 1. The van der Waals surface area contributed by atoms with E-state index in [1.165, 1.54) is 4.88 Å². The zero-order chi connectivity index (χ0) is 21.1. The Labute approximate surface area is 185 Å². The average Bonchev–Trinajstić information content (AvgIpc) is 3.47. The molecule has 30 heavy (non-hydrogen) atoms. The van der Waals surface area contributed by atoms with Gasteiger partial charge in [-0.05, 0) is 67.5 Å². The van der Waals surface area contributed by atoms with E-state index in [1.54, 1.807) is 28.4 Å². The number of carbonyl (C=O) groups is 2. The first kappa shape index (κ1) is 21.0. The molecule has 2 aliphatic rings. The largest absolute Gasteiger partial charge is 0.491 e. The van der Waals surface area contributed by atoms with Crippen LogP contribution in [0.4, 0.5) is 4.79 Å². The van der Waals surface area contributed by atoms with Crippen molar-refractivity contribution in [1.82, 2.24) is 15.1 Å². The molecule has 1 saturated carbocycles. The van der Waals surface area contributed by atoms with E-state index in [0.29, 0.717) is 24.7 Å². The molecule has 2 heterocycles. The van der Waals surface area contributed by atoms with Crippen LogP contribution >= 0.6 is 22.9 Å². The van der Waals surface area contributed by atoms with Crippen LogP contribution < -0.4 is 10.1 Å². The fraction of sp³-hybridized carbons (Fsp3) is 0.455. The Kier molecular flexibility index (Phi) is 6.49. The number of nitrogens with one attached hydrogen (secondary N) is 1. The number of benzene rings is 1. The molecule has 0 bridgehead atoms. The Bertz CT molecular complexity index is 897. The zero-order valence-electron chi connectivity index (χ0n) is 17.0. The van der Waals surface area contributed by atoms with Crippen molar-refractivity contribution in [2.45, 2.75) is 38.3 Å². The maximum Gasteiger partial charge on any atom is 0.318 e. The van der Waals surface area contributed by atoms with Crippen LogP contribution in [-0.2, 0) is 11.2 Å². The van der Waals surface area contributed by atoms with E-state index < -0.39 is 0 Å². The number of amides is 3. The fourth-order valence-electron chi connectivity index (χ4n) is 3.82. The highest BCUT2D eigenvalue weighted by molar-refractivity contribution is 7.10. The Hall–Kier alpha value is -2.25. The summed E-state index contributed by atoms with van der Waals surface area (Å²) < 4.78 is 6.02. The van der Waals surface area contributed by atoms with Gasteiger partial charge in [-0.2, -0.15) is 0 Å². The number of ether oxygens (including phenoxy) is 1. The quantitative estimate of drug-likeness (QED) is 0.695. The molecule has 0 radical (unpaired) electrons. The van der Waals surface area contributed by atoms with Gasteiger partial charge in [-0.15, -0.1) is 11.3 Å². The van der Waals surface area contributed by atoms with Gasteiger partial charge in [0.2, 0.25) is 5.91 Å². The molecule has 8 heteroatoms. The first-order valence-electron chi connectivity index (χ1n) is 10.4. The predicted octanol–water partition coefficient (Wildman–Crippen LogP) is 4.10. The molecule has 1 aromatic heterocycles. The monoisotopic (exact) mass is 447 g/mol. The topological polar surface area (TPSA) is 61.9 Å². The Morgan fingerprint density at radius 1 is 1.27 bits per heavy atom. The first-order valence-corrected chi connectivity index (χ1v) is 11.6. The molecule has 160 valence electrons. The third-order valence-electron chi connectivity index (χ3n) is 5.52. The second kappa shape index (κ2) is 9.27. The zero-order valence-corrected chi connectivity index (χ0v) is 18.5. The van der Waals surface area contributed by atoms with Gasteiger partial charge in [0.05, 0.1) is 6.04 Å². The van der Waals surface area contributed by atoms with Crippen molar-refractivity contribution in [2.24, 2.45) is 0 Å². The van der Waals surface area contributed by atoms with Gasteiger partial charge in [0.25, 0.3) is 0 Å². The van der Waals surface area contributed by atoms with Crippen molar-refractivity contribution in [3.05, 3.63) is 51.2 Å². The maximum absolute atomic E-state index is 13.3. The summed E-state index contributed by atoms with van der Waals surface area (Å²) in [5.74, 6) is 0.686.